The molecular formula is C29H33F2NO2. The lowest BCUT2D eigenvalue weighted by Gasteiger charge is -2.38. The fraction of sp³-hybridized carbons (Fsp3) is 0.517. The van der Waals surface area contributed by atoms with E-state index in [-0.39, 0.29) is 11.7 Å². The molecule has 34 heavy (non-hydrogen) atoms. The van der Waals surface area contributed by atoms with E-state index < -0.39 is 23.2 Å². The summed E-state index contributed by atoms with van der Waals surface area (Å²) in [6, 6.07) is 14.1. The number of benzene rings is 2. The second-order valence-corrected chi connectivity index (χ2v) is 10.2. The van der Waals surface area contributed by atoms with Gasteiger partial charge in [-0.1, -0.05) is 50.1 Å². The maximum absolute atomic E-state index is 13.8. The fourth-order valence-electron chi connectivity index (χ4n) is 6.05. The van der Waals surface area contributed by atoms with Crippen molar-refractivity contribution in [3.05, 3.63) is 65.2 Å². The second-order valence-electron chi connectivity index (χ2n) is 10.2. The van der Waals surface area contributed by atoms with Crippen LogP contribution in [-0.2, 0) is 4.79 Å². The first kappa shape index (κ1) is 24.4. The van der Waals surface area contributed by atoms with Crippen LogP contribution < -0.4 is 4.74 Å². The zero-order valence-electron chi connectivity index (χ0n) is 19.8. The first-order valence-corrected chi connectivity index (χ1v) is 12.6. The number of nitriles is 1. The lowest BCUT2D eigenvalue weighted by atomic mass is 9.68. The van der Waals surface area contributed by atoms with Crippen molar-refractivity contribution in [2.75, 3.05) is 0 Å². The van der Waals surface area contributed by atoms with Crippen LogP contribution in [0.15, 0.2) is 42.5 Å². The summed E-state index contributed by atoms with van der Waals surface area (Å²) in [5.74, 6) is -0.0760. The molecule has 2 saturated carbocycles. The number of halogens is 2. The van der Waals surface area contributed by atoms with Gasteiger partial charge < -0.3 is 4.74 Å². The Balaban J connectivity index is 1.21. The zero-order chi connectivity index (χ0) is 24.1. The first-order valence-electron chi connectivity index (χ1n) is 12.6. The van der Waals surface area contributed by atoms with Crippen molar-refractivity contribution in [1.82, 2.24) is 0 Å². The molecule has 0 heterocycles. The van der Waals surface area contributed by atoms with Gasteiger partial charge in [0.25, 0.3) is 0 Å². The number of esters is 1. The van der Waals surface area contributed by atoms with Gasteiger partial charge in [-0.15, -0.1) is 0 Å². The predicted molar refractivity (Wildman–Crippen MR) is 127 cm³/mol. The Labute approximate surface area is 201 Å². The molecule has 1 unspecified atom stereocenters. The normalized spacial score (nSPS) is 25.8. The predicted octanol–water partition coefficient (Wildman–Crippen LogP) is 7.55. The first-order chi connectivity index (χ1) is 16.4. The summed E-state index contributed by atoms with van der Waals surface area (Å²) in [5, 5.41) is 8.77. The molecular weight excluding hydrogens is 432 g/mol. The molecule has 2 aromatic rings. The van der Waals surface area contributed by atoms with Gasteiger partial charge in [0, 0.05) is 12.1 Å². The molecule has 0 radical (unpaired) electrons. The van der Waals surface area contributed by atoms with Crippen LogP contribution in [0.4, 0.5) is 8.78 Å². The summed E-state index contributed by atoms with van der Waals surface area (Å²) in [6.45, 7) is 2.34. The van der Waals surface area contributed by atoms with Crippen LogP contribution in [0.2, 0.25) is 0 Å². The maximum Gasteiger partial charge on any atom is 0.314 e. The molecule has 0 saturated heterocycles. The SMILES string of the molecule is CC(CC1CCC(C2CCC(C(=O)Oc3cc(F)c(C#N)c(F)c3)CC2)CC1)c1ccccc1. The lowest BCUT2D eigenvalue weighted by Crippen LogP contribution is -2.30. The number of hydrogen-bond acceptors (Lipinski definition) is 3. The highest BCUT2D eigenvalue weighted by atomic mass is 19.1. The van der Waals surface area contributed by atoms with Gasteiger partial charge in [-0.2, -0.15) is 5.26 Å². The third-order valence-corrected chi connectivity index (χ3v) is 8.06. The molecule has 5 heteroatoms. The number of hydrogen-bond donors (Lipinski definition) is 0. The van der Waals surface area contributed by atoms with Gasteiger partial charge in [0.05, 0.1) is 5.92 Å². The molecule has 2 aromatic carbocycles. The van der Waals surface area contributed by atoms with Gasteiger partial charge >= 0.3 is 5.97 Å². The number of nitrogens with zero attached hydrogens (tertiary/aromatic N) is 1. The van der Waals surface area contributed by atoms with Gasteiger partial charge in [0.2, 0.25) is 0 Å². The van der Waals surface area contributed by atoms with E-state index in [1.807, 2.05) is 0 Å². The van der Waals surface area contributed by atoms with Crippen molar-refractivity contribution in [3.63, 3.8) is 0 Å². The number of rotatable bonds is 6. The molecule has 0 aromatic heterocycles. The highest BCUT2D eigenvalue weighted by Gasteiger charge is 2.34. The zero-order valence-corrected chi connectivity index (χ0v) is 19.8. The van der Waals surface area contributed by atoms with Gasteiger partial charge in [-0.05, 0) is 74.2 Å². The maximum atomic E-state index is 13.8. The third-order valence-electron chi connectivity index (χ3n) is 8.06. The van der Waals surface area contributed by atoms with Crippen LogP contribution in [0.5, 0.6) is 5.75 Å². The second kappa shape index (κ2) is 11.1. The van der Waals surface area contributed by atoms with E-state index in [4.69, 9.17) is 10.00 Å². The molecule has 0 bridgehead atoms. The van der Waals surface area contributed by atoms with Gasteiger partial charge in [-0.3, -0.25) is 4.79 Å². The fourth-order valence-corrected chi connectivity index (χ4v) is 6.05. The molecule has 1 atom stereocenters. The van der Waals surface area contributed by atoms with Crippen LogP contribution in [-0.4, -0.2) is 5.97 Å². The highest BCUT2D eigenvalue weighted by Crippen LogP contribution is 2.43. The molecule has 0 N–H and O–H groups in total. The van der Waals surface area contributed by atoms with E-state index in [0.717, 1.165) is 49.7 Å². The number of ether oxygens (including phenoxy) is 1. The Kier molecular flexibility index (Phi) is 7.98. The van der Waals surface area contributed by atoms with Crippen molar-refractivity contribution in [2.45, 2.75) is 70.6 Å². The van der Waals surface area contributed by atoms with Gasteiger partial charge in [0.15, 0.2) is 0 Å². The molecule has 0 spiro atoms. The minimum absolute atomic E-state index is 0.177. The van der Waals surface area contributed by atoms with Crippen LogP contribution in [0, 0.1) is 46.6 Å². The Morgan fingerprint density at radius 2 is 1.53 bits per heavy atom. The van der Waals surface area contributed by atoms with E-state index in [1.54, 1.807) is 0 Å². The van der Waals surface area contributed by atoms with E-state index >= 15 is 0 Å². The lowest BCUT2D eigenvalue weighted by molar-refractivity contribution is -0.140. The summed E-state index contributed by atoms with van der Waals surface area (Å²) in [6.07, 6.45) is 9.92. The van der Waals surface area contributed by atoms with E-state index in [9.17, 15) is 13.6 Å². The van der Waals surface area contributed by atoms with E-state index in [1.165, 1.54) is 43.7 Å². The Morgan fingerprint density at radius 1 is 0.971 bits per heavy atom. The standard InChI is InChI=1S/C29H33F2NO2/c1-19(21-5-3-2-4-6-21)15-20-7-9-22(10-8-20)23-11-13-24(14-12-23)29(33)34-25-16-27(30)26(18-32)28(31)17-25/h2-6,16-17,19-20,22-24H,7-15H2,1H3. The molecule has 0 aliphatic heterocycles. The van der Waals surface area contributed by atoms with Crippen LogP contribution in [0.3, 0.4) is 0 Å². The van der Waals surface area contributed by atoms with E-state index in [0.29, 0.717) is 11.8 Å². The third kappa shape index (κ3) is 5.84. The number of carbonyl (C=O) groups excluding carboxylic acids is 1. The van der Waals surface area contributed by atoms with Crippen molar-refractivity contribution in [2.24, 2.45) is 23.7 Å². The Morgan fingerprint density at radius 3 is 2.09 bits per heavy atom. The average molecular weight is 466 g/mol. The van der Waals surface area contributed by atoms with Crippen LogP contribution >= 0.6 is 0 Å². The van der Waals surface area contributed by atoms with Crippen molar-refractivity contribution < 1.29 is 18.3 Å². The Hall–Kier alpha value is -2.74. The van der Waals surface area contributed by atoms with Crippen LogP contribution in [0.1, 0.15) is 81.8 Å². The molecule has 0 amide bonds. The minimum atomic E-state index is -1.01. The molecule has 4 rings (SSSR count). The van der Waals surface area contributed by atoms with Crippen molar-refractivity contribution in [3.8, 4) is 11.8 Å². The molecule has 2 aliphatic rings. The van der Waals surface area contributed by atoms with Gasteiger partial charge in [0.1, 0.15) is 29.0 Å². The summed E-state index contributed by atoms with van der Waals surface area (Å²) in [4.78, 5) is 12.6. The largest absolute Gasteiger partial charge is 0.426 e. The van der Waals surface area contributed by atoms with E-state index in [2.05, 4.69) is 37.3 Å². The smallest absolute Gasteiger partial charge is 0.314 e. The molecule has 180 valence electrons. The summed E-state index contributed by atoms with van der Waals surface area (Å²) < 4.78 is 32.8. The number of carbonyl (C=O) groups is 1. The topological polar surface area (TPSA) is 50.1 Å². The van der Waals surface area contributed by atoms with Crippen molar-refractivity contribution >= 4 is 5.97 Å². The Bertz CT molecular complexity index is 993. The summed E-state index contributed by atoms with van der Waals surface area (Å²) in [7, 11) is 0. The quantitative estimate of drug-likeness (QED) is 0.327. The highest BCUT2D eigenvalue weighted by molar-refractivity contribution is 5.75. The van der Waals surface area contributed by atoms with Gasteiger partial charge in [-0.25, -0.2) is 8.78 Å². The average Bonchev–Trinajstić information content (AvgIpc) is 2.85. The molecule has 2 aliphatic carbocycles. The van der Waals surface area contributed by atoms with Crippen LogP contribution in [0.25, 0.3) is 0 Å². The summed E-state index contributed by atoms with van der Waals surface area (Å²) in [5.41, 5.74) is 0.769. The monoisotopic (exact) mass is 465 g/mol. The van der Waals surface area contributed by atoms with Crippen molar-refractivity contribution in [1.29, 1.82) is 5.26 Å². The minimum Gasteiger partial charge on any atom is -0.426 e. The molecule has 3 nitrogen and oxygen atoms in total. The summed E-state index contributed by atoms with van der Waals surface area (Å²) >= 11 is 0. The molecule has 2 fully saturated rings.